The highest BCUT2D eigenvalue weighted by molar-refractivity contribution is 6.31. The molecule has 1 atom stereocenters. The summed E-state index contributed by atoms with van der Waals surface area (Å²) < 4.78 is 19.4. The number of carbonyl (C=O) groups excluding carboxylic acids is 1. The zero-order chi connectivity index (χ0) is 17.3. The molecule has 3 rings (SSSR count). The van der Waals surface area contributed by atoms with Crippen LogP contribution in [0, 0.1) is 5.82 Å². The van der Waals surface area contributed by atoms with E-state index in [1.54, 1.807) is 18.2 Å². The van der Waals surface area contributed by atoms with Crippen molar-refractivity contribution in [1.29, 1.82) is 0 Å². The van der Waals surface area contributed by atoms with E-state index in [4.69, 9.17) is 22.1 Å². The number of nitrogens with two attached hydrogens (primary N) is 1. The van der Waals surface area contributed by atoms with Gasteiger partial charge in [0.25, 0.3) is 0 Å². The number of hydrogen-bond acceptors (Lipinski definition) is 3. The quantitative estimate of drug-likeness (QED) is 0.650. The topological polar surface area (TPSA) is 75.8 Å². The van der Waals surface area contributed by atoms with E-state index in [-0.39, 0.29) is 6.61 Å². The summed E-state index contributed by atoms with van der Waals surface area (Å²) in [6.45, 7) is 0.0150. The molecule has 1 unspecified atom stereocenters. The van der Waals surface area contributed by atoms with Crippen LogP contribution in [0.5, 0.6) is 5.75 Å². The molecule has 1 aliphatic carbocycles. The first-order valence-electron chi connectivity index (χ1n) is 7.43. The normalized spacial score (nSPS) is 15.9. The van der Waals surface area contributed by atoms with Gasteiger partial charge in [-0.1, -0.05) is 23.7 Å². The van der Waals surface area contributed by atoms with Gasteiger partial charge in [-0.3, -0.25) is 5.21 Å². The first kappa shape index (κ1) is 16.5. The Morgan fingerprint density at radius 3 is 2.92 bits per heavy atom. The molecule has 0 aliphatic heterocycles. The second-order valence-corrected chi connectivity index (χ2v) is 5.99. The summed E-state index contributed by atoms with van der Waals surface area (Å²) in [6, 6.07) is 8.44. The Bertz CT molecular complexity index is 764. The average molecular weight is 351 g/mol. The van der Waals surface area contributed by atoms with Crippen molar-refractivity contribution in [1.82, 2.24) is 5.06 Å². The van der Waals surface area contributed by atoms with E-state index < -0.39 is 17.9 Å². The Morgan fingerprint density at radius 1 is 1.42 bits per heavy atom. The molecule has 0 bridgehead atoms. The van der Waals surface area contributed by atoms with E-state index in [0.717, 1.165) is 11.1 Å². The van der Waals surface area contributed by atoms with Crippen LogP contribution in [-0.2, 0) is 13.0 Å². The predicted molar refractivity (Wildman–Crippen MR) is 86.5 cm³/mol. The van der Waals surface area contributed by atoms with Crippen molar-refractivity contribution in [3.8, 4) is 5.75 Å². The van der Waals surface area contributed by atoms with Gasteiger partial charge in [-0.2, -0.15) is 5.06 Å². The van der Waals surface area contributed by atoms with E-state index in [9.17, 15) is 14.4 Å². The van der Waals surface area contributed by atoms with Gasteiger partial charge in [0, 0.05) is 5.56 Å². The number of amides is 2. The summed E-state index contributed by atoms with van der Waals surface area (Å²) in [7, 11) is 0. The molecular weight excluding hydrogens is 335 g/mol. The van der Waals surface area contributed by atoms with Crippen LogP contribution in [0.1, 0.15) is 29.2 Å². The second kappa shape index (κ2) is 6.67. The van der Waals surface area contributed by atoms with Gasteiger partial charge in [0.2, 0.25) is 0 Å². The van der Waals surface area contributed by atoms with Crippen molar-refractivity contribution in [3.05, 3.63) is 63.9 Å². The number of fused-ring (bicyclic) bond motifs is 1. The highest BCUT2D eigenvalue weighted by Crippen LogP contribution is 2.37. The average Bonchev–Trinajstić information content (AvgIpc) is 2.96. The van der Waals surface area contributed by atoms with E-state index in [1.165, 1.54) is 12.1 Å². The Morgan fingerprint density at radius 2 is 2.21 bits per heavy atom. The molecule has 0 saturated heterocycles. The number of aryl methyl sites for hydroxylation is 1. The molecule has 0 saturated carbocycles. The van der Waals surface area contributed by atoms with Gasteiger partial charge in [-0.15, -0.1) is 0 Å². The van der Waals surface area contributed by atoms with Crippen LogP contribution in [0.4, 0.5) is 9.18 Å². The van der Waals surface area contributed by atoms with Crippen molar-refractivity contribution < 1.29 is 19.1 Å². The number of nitrogens with zero attached hydrogens (tertiary/aromatic N) is 1. The molecule has 0 aromatic heterocycles. The minimum atomic E-state index is -0.887. The van der Waals surface area contributed by atoms with E-state index in [0.29, 0.717) is 34.2 Å². The summed E-state index contributed by atoms with van der Waals surface area (Å²) >= 11 is 5.98. The molecule has 0 spiro atoms. The molecule has 126 valence electrons. The second-order valence-electron chi connectivity index (χ2n) is 5.59. The predicted octanol–water partition coefficient (Wildman–Crippen LogP) is 3.82. The lowest BCUT2D eigenvalue weighted by molar-refractivity contribution is -0.0757. The van der Waals surface area contributed by atoms with E-state index in [2.05, 4.69) is 0 Å². The van der Waals surface area contributed by atoms with Gasteiger partial charge in [0.1, 0.15) is 18.2 Å². The molecule has 2 aromatic carbocycles. The van der Waals surface area contributed by atoms with Crippen molar-refractivity contribution in [2.24, 2.45) is 5.73 Å². The molecule has 0 fully saturated rings. The van der Waals surface area contributed by atoms with Crippen LogP contribution in [0.15, 0.2) is 36.4 Å². The molecule has 2 amide bonds. The van der Waals surface area contributed by atoms with Crippen molar-refractivity contribution in [2.75, 3.05) is 0 Å². The minimum Gasteiger partial charge on any atom is -0.489 e. The maximum Gasteiger partial charge on any atom is 0.339 e. The van der Waals surface area contributed by atoms with Crippen LogP contribution in [0.3, 0.4) is 0 Å². The minimum absolute atomic E-state index is 0.0150. The number of rotatable bonds is 4. The summed E-state index contributed by atoms with van der Waals surface area (Å²) in [5, 5.41) is 10.6. The smallest absolute Gasteiger partial charge is 0.339 e. The number of hydroxylamine groups is 2. The molecule has 24 heavy (non-hydrogen) atoms. The largest absolute Gasteiger partial charge is 0.489 e. The lowest BCUT2D eigenvalue weighted by Crippen LogP contribution is -2.35. The fraction of sp³-hybridized carbons (Fsp3) is 0.235. The number of primary amides is 1. The van der Waals surface area contributed by atoms with Gasteiger partial charge in [0.05, 0.1) is 11.1 Å². The summed E-state index contributed by atoms with van der Waals surface area (Å²) in [5.74, 6) is 0.151. The first-order valence-corrected chi connectivity index (χ1v) is 7.81. The number of benzene rings is 2. The maximum absolute atomic E-state index is 13.7. The maximum atomic E-state index is 13.7. The fourth-order valence-electron chi connectivity index (χ4n) is 2.89. The van der Waals surface area contributed by atoms with Crippen LogP contribution in [-0.4, -0.2) is 16.3 Å². The third-order valence-corrected chi connectivity index (χ3v) is 4.48. The zero-order valence-corrected chi connectivity index (χ0v) is 13.5. The number of hydrogen-bond donors (Lipinski definition) is 2. The summed E-state index contributed by atoms with van der Waals surface area (Å²) in [5.41, 5.74) is 7.19. The van der Waals surface area contributed by atoms with Crippen molar-refractivity contribution in [2.45, 2.75) is 25.5 Å². The third-order valence-electron chi connectivity index (χ3n) is 4.13. The number of urea groups is 1. The molecule has 7 heteroatoms. The van der Waals surface area contributed by atoms with Crippen molar-refractivity contribution in [3.63, 3.8) is 0 Å². The molecule has 0 radical (unpaired) electrons. The van der Waals surface area contributed by atoms with Crippen LogP contribution >= 0.6 is 11.6 Å². The summed E-state index contributed by atoms with van der Waals surface area (Å²) in [4.78, 5) is 11.1. The standard InChI is InChI=1S/C17H16ClFN2O3/c18-14-2-1-3-15(19)13(14)9-24-11-5-6-12-10(8-11)4-7-16(12)21(23)17(20)22/h1-3,5-6,8,16,23H,4,7,9H2,(H2,20,22). The first-order chi connectivity index (χ1) is 11.5. The zero-order valence-electron chi connectivity index (χ0n) is 12.7. The van der Waals surface area contributed by atoms with Crippen LogP contribution < -0.4 is 10.5 Å². The van der Waals surface area contributed by atoms with Crippen molar-refractivity contribution >= 4 is 17.6 Å². The molecule has 5 nitrogen and oxygen atoms in total. The molecule has 2 aromatic rings. The number of ether oxygens (including phenoxy) is 1. The van der Waals surface area contributed by atoms with Gasteiger partial charge in [0.15, 0.2) is 0 Å². The highest BCUT2D eigenvalue weighted by atomic mass is 35.5. The third kappa shape index (κ3) is 3.16. The fourth-order valence-corrected chi connectivity index (χ4v) is 3.11. The SMILES string of the molecule is NC(=O)N(O)C1CCc2cc(OCc3c(F)cccc3Cl)ccc21. The Kier molecular flexibility index (Phi) is 4.59. The molecule has 0 heterocycles. The van der Waals surface area contributed by atoms with Gasteiger partial charge in [-0.25, -0.2) is 9.18 Å². The lowest BCUT2D eigenvalue weighted by atomic mass is 10.1. The number of halogens is 2. The molecule has 1 aliphatic rings. The lowest BCUT2D eigenvalue weighted by Gasteiger charge is -2.20. The van der Waals surface area contributed by atoms with Gasteiger partial charge in [-0.05, 0) is 48.2 Å². The van der Waals surface area contributed by atoms with E-state index in [1.807, 2.05) is 6.07 Å². The summed E-state index contributed by atoms with van der Waals surface area (Å²) in [6.07, 6.45) is 1.26. The molecule has 3 N–H and O–H groups in total. The monoisotopic (exact) mass is 350 g/mol. The Balaban J connectivity index is 1.75. The van der Waals surface area contributed by atoms with Crippen LogP contribution in [0.2, 0.25) is 5.02 Å². The van der Waals surface area contributed by atoms with Crippen LogP contribution in [0.25, 0.3) is 0 Å². The Hall–Kier alpha value is -2.31. The van der Waals surface area contributed by atoms with Gasteiger partial charge < -0.3 is 10.5 Å². The van der Waals surface area contributed by atoms with E-state index >= 15 is 0 Å². The van der Waals surface area contributed by atoms with Gasteiger partial charge >= 0.3 is 6.03 Å². The number of carbonyl (C=O) groups is 1. The molecular formula is C17H16ClFN2O3. The highest BCUT2D eigenvalue weighted by Gasteiger charge is 2.29. The Labute approximate surface area is 143 Å².